The lowest BCUT2D eigenvalue weighted by Gasteiger charge is -2.10. The summed E-state index contributed by atoms with van der Waals surface area (Å²) >= 11 is 0. The number of hydrogen-bond acceptors (Lipinski definition) is 5. The maximum absolute atomic E-state index is 10.9. The lowest BCUT2D eigenvalue weighted by molar-refractivity contribution is 0.685. The summed E-state index contributed by atoms with van der Waals surface area (Å²) in [5.74, 6) is 2.38. The van der Waals surface area contributed by atoms with E-state index in [2.05, 4.69) is 20.6 Å². The minimum absolute atomic E-state index is 0.718. The van der Waals surface area contributed by atoms with Gasteiger partial charge in [-0.15, -0.1) is 0 Å². The van der Waals surface area contributed by atoms with Crippen LogP contribution in [0, 0.1) is 6.92 Å². The molecule has 1 aromatic heterocycles. The minimum Gasteiger partial charge on any atom is -0.373 e. The standard InChI is InChI=1S/C10H18N4OS/c1-8-9(11-2)13-7-14-10(8)12-5-4-6-16(3)15/h7H,4-6H2,1-3H3,(H2,11,12,13,14). The first-order chi connectivity index (χ1) is 7.65. The topological polar surface area (TPSA) is 66.9 Å². The molecule has 1 heterocycles. The predicted molar refractivity (Wildman–Crippen MR) is 68.4 cm³/mol. The van der Waals surface area contributed by atoms with Crippen molar-refractivity contribution in [1.29, 1.82) is 0 Å². The number of nitrogens with one attached hydrogen (secondary N) is 2. The molecule has 16 heavy (non-hydrogen) atoms. The van der Waals surface area contributed by atoms with Gasteiger partial charge in [-0.1, -0.05) is 0 Å². The Morgan fingerprint density at radius 3 is 2.69 bits per heavy atom. The molecule has 0 radical (unpaired) electrons. The number of anilines is 2. The monoisotopic (exact) mass is 242 g/mol. The van der Waals surface area contributed by atoms with Gasteiger partial charge in [-0.3, -0.25) is 4.21 Å². The Morgan fingerprint density at radius 2 is 2.06 bits per heavy atom. The average molecular weight is 242 g/mol. The molecule has 0 aliphatic heterocycles. The fraction of sp³-hybridized carbons (Fsp3) is 0.600. The zero-order valence-corrected chi connectivity index (χ0v) is 10.7. The highest BCUT2D eigenvalue weighted by atomic mass is 32.2. The van der Waals surface area contributed by atoms with Crippen LogP contribution in [0.2, 0.25) is 0 Å². The maximum Gasteiger partial charge on any atom is 0.134 e. The van der Waals surface area contributed by atoms with E-state index < -0.39 is 10.8 Å². The van der Waals surface area contributed by atoms with Gasteiger partial charge in [0.25, 0.3) is 0 Å². The van der Waals surface area contributed by atoms with E-state index in [4.69, 9.17) is 0 Å². The Balaban J connectivity index is 2.50. The summed E-state index contributed by atoms with van der Waals surface area (Å²) in [6.07, 6.45) is 4.12. The average Bonchev–Trinajstić information content (AvgIpc) is 2.26. The fourth-order valence-electron chi connectivity index (χ4n) is 1.36. The van der Waals surface area contributed by atoms with Gasteiger partial charge in [-0.25, -0.2) is 9.97 Å². The second-order valence-electron chi connectivity index (χ2n) is 3.50. The van der Waals surface area contributed by atoms with Crippen LogP contribution in [0.3, 0.4) is 0 Å². The van der Waals surface area contributed by atoms with Gasteiger partial charge in [0.05, 0.1) is 0 Å². The van der Waals surface area contributed by atoms with Crippen LogP contribution in [0.5, 0.6) is 0 Å². The zero-order chi connectivity index (χ0) is 12.0. The number of aromatic nitrogens is 2. The van der Waals surface area contributed by atoms with Crippen LogP contribution in [0.4, 0.5) is 11.6 Å². The van der Waals surface area contributed by atoms with Gasteiger partial charge < -0.3 is 10.6 Å². The van der Waals surface area contributed by atoms with Gasteiger partial charge in [0.2, 0.25) is 0 Å². The largest absolute Gasteiger partial charge is 0.373 e. The highest BCUT2D eigenvalue weighted by Gasteiger charge is 2.04. The van der Waals surface area contributed by atoms with Crippen molar-refractivity contribution in [2.45, 2.75) is 13.3 Å². The van der Waals surface area contributed by atoms with Crippen molar-refractivity contribution < 1.29 is 4.21 Å². The molecular weight excluding hydrogens is 224 g/mol. The Bertz CT molecular complexity index is 370. The van der Waals surface area contributed by atoms with Crippen LogP contribution in [-0.4, -0.2) is 39.8 Å². The van der Waals surface area contributed by atoms with Gasteiger partial charge in [0, 0.05) is 42.0 Å². The summed E-state index contributed by atoms with van der Waals surface area (Å²) in [6.45, 7) is 2.74. The molecule has 0 aromatic carbocycles. The van der Waals surface area contributed by atoms with E-state index in [9.17, 15) is 4.21 Å². The van der Waals surface area contributed by atoms with E-state index in [1.165, 1.54) is 6.33 Å². The van der Waals surface area contributed by atoms with E-state index in [0.717, 1.165) is 35.9 Å². The molecule has 1 rings (SSSR count). The summed E-state index contributed by atoms with van der Waals surface area (Å²) in [5.41, 5.74) is 1.00. The number of rotatable bonds is 6. The van der Waals surface area contributed by atoms with E-state index in [1.54, 1.807) is 6.26 Å². The van der Waals surface area contributed by atoms with E-state index in [0.29, 0.717) is 0 Å². The summed E-state index contributed by atoms with van der Waals surface area (Å²) in [7, 11) is 1.11. The molecule has 0 bridgehead atoms. The minimum atomic E-state index is -0.720. The molecular formula is C10H18N4OS. The maximum atomic E-state index is 10.9. The zero-order valence-electron chi connectivity index (χ0n) is 9.91. The lowest BCUT2D eigenvalue weighted by Crippen LogP contribution is -2.09. The van der Waals surface area contributed by atoms with Crippen LogP contribution in [-0.2, 0) is 10.8 Å². The van der Waals surface area contributed by atoms with Crippen molar-refractivity contribution in [3.05, 3.63) is 11.9 Å². The summed E-state index contributed by atoms with van der Waals surface area (Å²) in [6, 6.07) is 0. The Labute approximate surface area is 98.5 Å². The van der Waals surface area contributed by atoms with Crippen molar-refractivity contribution in [2.75, 3.05) is 36.2 Å². The van der Waals surface area contributed by atoms with Crippen molar-refractivity contribution >= 4 is 22.4 Å². The van der Waals surface area contributed by atoms with Gasteiger partial charge in [-0.05, 0) is 13.3 Å². The lowest BCUT2D eigenvalue weighted by atomic mass is 10.3. The highest BCUT2D eigenvalue weighted by molar-refractivity contribution is 7.84. The molecule has 0 spiro atoms. The molecule has 0 amide bonds. The van der Waals surface area contributed by atoms with Crippen LogP contribution in [0.1, 0.15) is 12.0 Å². The normalized spacial score (nSPS) is 12.2. The summed E-state index contributed by atoms with van der Waals surface area (Å²) in [4.78, 5) is 8.27. The van der Waals surface area contributed by atoms with Crippen molar-refractivity contribution in [3.8, 4) is 0 Å². The predicted octanol–water partition coefficient (Wildman–Crippen LogP) is 1.01. The molecule has 90 valence electrons. The molecule has 6 heteroatoms. The molecule has 1 atom stereocenters. The quantitative estimate of drug-likeness (QED) is 0.729. The molecule has 0 fully saturated rings. The number of nitrogens with zero attached hydrogens (tertiary/aromatic N) is 2. The third-order valence-corrected chi connectivity index (χ3v) is 3.09. The molecule has 0 saturated heterocycles. The van der Waals surface area contributed by atoms with Gasteiger partial charge in [-0.2, -0.15) is 0 Å². The molecule has 2 N–H and O–H groups in total. The van der Waals surface area contributed by atoms with Gasteiger partial charge >= 0.3 is 0 Å². The first-order valence-corrected chi connectivity index (χ1v) is 6.91. The molecule has 5 nitrogen and oxygen atoms in total. The van der Waals surface area contributed by atoms with Gasteiger partial charge in [0.15, 0.2) is 0 Å². The smallest absolute Gasteiger partial charge is 0.134 e. The molecule has 0 aliphatic rings. The van der Waals surface area contributed by atoms with Gasteiger partial charge in [0.1, 0.15) is 18.0 Å². The van der Waals surface area contributed by atoms with Crippen LogP contribution < -0.4 is 10.6 Å². The van der Waals surface area contributed by atoms with Crippen molar-refractivity contribution in [3.63, 3.8) is 0 Å². The third-order valence-electron chi connectivity index (χ3n) is 2.22. The van der Waals surface area contributed by atoms with Crippen molar-refractivity contribution in [2.24, 2.45) is 0 Å². The highest BCUT2D eigenvalue weighted by Crippen LogP contribution is 2.16. The second kappa shape index (κ2) is 6.42. The second-order valence-corrected chi connectivity index (χ2v) is 5.06. The SMILES string of the molecule is CNc1ncnc(NCCCS(C)=O)c1C. The molecule has 0 saturated carbocycles. The molecule has 1 aromatic rings. The molecule has 1 unspecified atom stereocenters. The third kappa shape index (κ3) is 3.77. The van der Waals surface area contributed by atoms with Crippen LogP contribution >= 0.6 is 0 Å². The van der Waals surface area contributed by atoms with E-state index in [-0.39, 0.29) is 0 Å². The van der Waals surface area contributed by atoms with Crippen LogP contribution in [0.25, 0.3) is 0 Å². The van der Waals surface area contributed by atoms with E-state index in [1.807, 2.05) is 14.0 Å². The van der Waals surface area contributed by atoms with Crippen molar-refractivity contribution in [1.82, 2.24) is 9.97 Å². The first-order valence-electron chi connectivity index (χ1n) is 5.18. The Morgan fingerprint density at radius 1 is 1.38 bits per heavy atom. The summed E-state index contributed by atoms with van der Waals surface area (Å²) < 4.78 is 10.9. The van der Waals surface area contributed by atoms with Crippen LogP contribution in [0.15, 0.2) is 6.33 Å². The fourth-order valence-corrected chi connectivity index (χ4v) is 1.91. The summed E-state index contributed by atoms with van der Waals surface area (Å²) in [5, 5.41) is 6.22. The first kappa shape index (κ1) is 12.9. The number of hydrogen-bond donors (Lipinski definition) is 2. The Kier molecular flexibility index (Phi) is 5.18. The van der Waals surface area contributed by atoms with E-state index >= 15 is 0 Å². The molecule has 0 aliphatic carbocycles. The Hall–Kier alpha value is -1.17.